The molecule has 1 atom stereocenters. The zero-order valence-electron chi connectivity index (χ0n) is 28.8. The molecule has 3 aromatic heterocycles. The molecule has 17 nitrogen and oxygen atoms in total. The van der Waals surface area contributed by atoms with E-state index >= 15 is 0 Å². The zero-order chi connectivity index (χ0) is 35.2. The largest absolute Gasteiger partial charge is 0.493 e. The zero-order valence-corrected chi connectivity index (χ0v) is 28.8. The molecule has 2 bridgehead atoms. The highest BCUT2D eigenvalue weighted by Gasteiger charge is 2.29. The molecule has 1 unspecified atom stereocenters. The summed E-state index contributed by atoms with van der Waals surface area (Å²) in [5.74, 6) is 2.05. The van der Waals surface area contributed by atoms with E-state index in [4.69, 9.17) is 23.7 Å². The van der Waals surface area contributed by atoms with Crippen LogP contribution in [0.4, 0.5) is 5.82 Å². The lowest BCUT2D eigenvalue weighted by atomic mass is 9.97. The van der Waals surface area contributed by atoms with Crippen molar-refractivity contribution < 1.29 is 33.1 Å². The monoisotopic (exact) mass is 690 g/mol. The van der Waals surface area contributed by atoms with Crippen LogP contribution in [0.15, 0.2) is 29.0 Å². The van der Waals surface area contributed by atoms with Crippen molar-refractivity contribution in [2.45, 2.75) is 45.7 Å². The lowest BCUT2D eigenvalue weighted by Gasteiger charge is -2.35. The fourth-order valence-corrected chi connectivity index (χ4v) is 6.55. The maximum Gasteiger partial charge on any atom is 0.276 e. The third kappa shape index (κ3) is 7.55. The molecule has 1 saturated heterocycles. The Balaban J connectivity index is 1.43. The lowest BCUT2D eigenvalue weighted by Crippen LogP contribution is -2.43. The van der Waals surface area contributed by atoms with E-state index in [2.05, 4.69) is 30.9 Å². The summed E-state index contributed by atoms with van der Waals surface area (Å²) in [6, 6.07) is 5.37. The van der Waals surface area contributed by atoms with Crippen molar-refractivity contribution in [2.75, 3.05) is 65.5 Å². The third-order valence-electron chi connectivity index (χ3n) is 9.13. The van der Waals surface area contributed by atoms with Crippen molar-refractivity contribution in [3.8, 4) is 17.2 Å². The highest BCUT2D eigenvalue weighted by molar-refractivity contribution is 5.93. The van der Waals surface area contributed by atoms with Gasteiger partial charge in [0.15, 0.2) is 17.2 Å². The third-order valence-corrected chi connectivity index (χ3v) is 9.13. The van der Waals surface area contributed by atoms with Gasteiger partial charge < -0.3 is 38.8 Å². The topological polar surface area (TPSA) is 183 Å². The highest BCUT2D eigenvalue weighted by atomic mass is 16.5. The van der Waals surface area contributed by atoms with Crippen LogP contribution in [0.25, 0.3) is 10.9 Å². The molecule has 6 rings (SSSR count). The standard InChI is InChI=1S/C33H42N10O7/c1-21-14-26(37-50-21)33(46)40-10-7-28(44)34-17-22-6-5-9-42(18-22)32-23(19-41(13-12-40)29(45)8-11-43-20-35-38-39-43)15-24-25(36-32)16-27(47-2)31(49-4)30(24)48-3/h14-16,20,22H,5-13,17-19H2,1-4H3,(H,34,44). The van der Waals surface area contributed by atoms with Gasteiger partial charge in [-0.1, -0.05) is 5.16 Å². The van der Waals surface area contributed by atoms with Crippen LogP contribution in [0.1, 0.15) is 47.5 Å². The average molecular weight is 691 g/mol. The number of amides is 3. The number of nitrogens with zero attached hydrogens (tertiary/aromatic N) is 9. The van der Waals surface area contributed by atoms with Gasteiger partial charge in [-0.2, -0.15) is 0 Å². The molecule has 0 spiro atoms. The van der Waals surface area contributed by atoms with E-state index in [1.165, 1.54) is 11.0 Å². The minimum atomic E-state index is -0.388. The molecule has 1 aromatic carbocycles. The molecular weight excluding hydrogens is 648 g/mol. The first kappa shape index (κ1) is 34.4. The first-order chi connectivity index (χ1) is 24.3. The molecule has 0 radical (unpaired) electrons. The Bertz CT molecular complexity index is 1830. The summed E-state index contributed by atoms with van der Waals surface area (Å²) < 4.78 is 23.8. The Morgan fingerprint density at radius 1 is 1.02 bits per heavy atom. The summed E-state index contributed by atoms with van der Waals surface area (Å²) in [4.78, 5) is 51.4. The molecule has 0 aliphatic carbocycles. The molecular formula is C33H42N10O7. The van der Waals surface area contributed by atoms with Gasteiger partial charge in [-0.05, 0) is 42.2 Å². The summed E-state index contributed by atoms with van der Waals surface area (Å²) in [5.41, 5.74) is 1.57. The van der Waals surface area contributed by atoms with Gasteiger partial charge >= 0.3 is 0 Å². The van der Waals surface area contributed by atoms with E-state index in [-0.39, 0.29) is 74.9 Å². The minimum absolute atomic E-state index is 0.100. The molecule has 50 heavy (non-hydrogen) atoms. The summed E-state index contributed by atoms with van der Waals surface area (Å²) >= 11 is 0. The highest BCUT2D eigenvalue weighted by Crippen LogP contribution is 2.44. The van der Waals surface area contributed by atoms with Crippen LogP contribution in [0, 0.1) is 12.8 Å². The smallest absolute Gasteiger partial charge is 0.276 e. The van der Waals surface area contributed by atoms with Crippen molar-refractivity contribution in [1.29, 1.82) is 0 Å². The number of tetrazole rings is 1. The number of carbonyl (C=O) groups excluding carboxylic acids is 3. The number of aryl methyl sites for hydroxylation is 2. The average Bonchev–Trinajstić information content (AvgIpc) is 3.82. The maximum absolute atomic E-state index is 14.0. The molecule has 2 aliphatic heterocycles. The molecule has 0 saturated carbocycles. The van der Waals surface area contributed by atoms with Crippen molar-refractivity contribution in [3.63, 3.8) is 0 Å². The molecule has 266 valence electrons. The SMILES string of the molecule is COc1cc2nc3c(cc2c(OC)c1OC)CN(C(=O)CCn1cnnn1)CCN(C(=O)c1cc(C)on1)CCC(=O)NCC1CCCN3C1. The van der Waals surface area contributed by atoms with E-state index in [0.717, 1.165) is 30.8 Å². The first-order valence-electron chi connectivity index (χ1n) is 16.6. The number of carbonyl (C=O) groups is 3. The number of methoxy groups -OCH3 is 3. The summed E-state index contributed by atoms with van der Waals surface area (Å²) in [7, 11) is 4.67. The quantitative estimate of drug-likeness (QED) is 0.297. The van der Waals surface area contributed by atoms with Crippen LogP contribution in [0.2, 0.25) is 0 Å². The van der Waals surface area contributed by atoms with Crippen LogP contribution in [-0.2, 0) is 22.7 Å². The molecule has 17 heteroatoms. The summed E-state index contributed by atoms with van der Waals surface area (Å²) in [6.07, 6.45) is 3.51. The Morgan fingerprint density at radius 3 is 2.56 bits per heavy atom. The normalized spacial score (nSPS) is 17.4. The van der Waals surface area contributed by atoms with E-state index < -0.39 is 0 Å². The van der Waals surface area contributed by atoms with Gasteiger partial charge in [0.05, 0.1) is 33.4 Å². The molecule has 1 N–H and O–H groups in total. The van der Waals surface area contributed by atoms with Gasteiger partial charge in [0.1, 0.15) is 17.9 Å². The van der Waals surface area contributed by atoms with Gasteiger partial charge in [-0.25, -0.2) is 9.67 Å². The van der Waals surface area contributed by atoms with Gasteiger partial charge in [0, 0.05) is 81.7 Å². The van der Waals surface area contributed by atoms with Crippen molar-refractivity contribution >= 4 is 34.4 Å². The fourth-order valence-electron chi connectivity index (χ4n) is 6.55. The van der Waals surface area contributed by atoms with Crippen molar-refractivity contribution in [2.24, 2.45) is 5.92 Å². The fraction of sp³-hybridized carbons (Fsp3) is 0.515. The number of pyridine rings is 1. The van der Waals surface area contributed by atoms with E-state index in [1.807, 2.05) is 12.1 Å². The second-order valence-electron chi connectivity index (χ2n) is 12.4. The van der Waals surface area contributed by atoms with Gasteiger partial charge in [-0.15, -0.1) is 5.10 Å². The number of rotatable bonds is 7. The number of fused-ring (bicyclic) bond motifs is 5. The molecule has 4 aromatic rings. The van der Waals surface area contributed by atoms with Crippen LogP contribution < -0.4 is 24.4 Å². The Labute approximate surface area is 288 Å². The number of anilines is 1. The maximum atomic E-state index is 14.0. The van der Waals surface area contributed by atoms with E-state index in [1.54, 1.807) is 44.1 Å². The summed E-state index contributed by atoms with van der Waals surface area (Å²) in [5, 5.41) is 18.9. The van der Waals surface area contributed by atoms with Gasteiger partial charge in [0.25, 0.3) is 5.91 Å². The predicted molar refractivity (Wildman–Crippen MR) is 179 cm³/mol. The number of aromatic nitrogens is 6. The van der Waals surface area contributed by atoms with Gasteiger partial charge in [-0.3, -0.25) is 14.4 Å². The first-order valence-corrected chi connectivity index (χ1v) is 16.6. The van der Waals surface area contributed by atoms with E-state index in [9.17, 15) is 14.4 Å². The molecule has 5 heterocycles. The second-order valence-corrected chi connectivity index (χ2v) is 12.4. The number of hydrogen-bond acceptors (Lipinski definition) is 13. The van der Waals surface area contributed by atoms with Crippen LogP contribution in [0.3, 0.4) is 0 Å². The molecule has 2 aliphatic rings. The van der Waals surface area contributed by atoms with Crippen molar-refractivity contribution in [1.82, 2.24) is 45.5 Å². The number of benzene rings is 1. The minimum Gasteiger partial charge on any atom is -0.493 e. The number of nitrogens with one attached hydrogen (secondary N) is 1. The van der Waals surface area contributed by atoms with Crippen molar-refractivity contribution in [3.05, 3.63) is 41.5 Å². The van der Waals surface area contributed by atoms with E-state index in [0.29, 0.717) is 47.0 Å². The van der Waals surface area contributed by atoms with Gasteiger partial charge in [0.2, 0.25) is 17.6 Å². The van der Waals surface area contributed by atoms with Crippen LogP contribution in [-0.4, -0.2) is 118 Å². The molecule has 1 fully saturated rings. The lowest BCUT2D eigenvalue weighted by molar-refractivity contribution is -0.132. The number of hydrogen-bond donors (Lipinski definition) is 1. The van der Waals surface area contributed by atoms with Crippen LogP contribution in [0.5, 0.6) is 17.2 Å². The molecule has 3 amide bonds. The van der Waals surface area contributed by atoms with Crippen LogP contribution >= 0.6 is 0 Å². The second kappa shape index (κ2) is 15.4. The number of ether oxygens (including phenoxy) is 3. The number of piperidine rings is 1. The Hall–Kier alpha value is -5.48. The Morgan fingerprint density at radius 2 is 1.84 bits per heavy atom. The summed E-state index contributed by atoms with van der Waals surface area (Å²) in [6.45, 7) is 4.53. The Kier molecular flexibility index (Phi) is 10.6. The predicted octanol–water partition coefficient (Wildman–Crippen LogP) is 1.84.